The SMILES string of the molecule is COC(=O)/C=C/c1cnn(CC(F)(F)F)c1. The lowest BCUT2D eigenvalue weighted by Gasteiger charge is -2.04. The Morgan fingerprint density at radius 3 is 2.88 bits per heavy atom. The molecule has 0 radical (unpaired) electrons. The molecule has 0 saturated heterocycles. The molecule has 1 aromatic rings. The van der Waals surface area contributed by atoms with Crippen LogP contribution in [0.4, 0.5) is 13.2 Å². The number of carbonyl (C=O) groups is 1. The third kappa shape index (κ3) is 4.16. The second-order valence-electron chi connectivity index (χ2n) is 2.94. The van der Waals surface area contributed by atoms with Crippen LogP contribution in [-0.2, 0) is 16.1 Å². The average Bonchev–Trinajstić information content (AvgIpc) is 2.59. The van der Waals surface area contributed by atoms with Crippen LogP contribution in [0.25, 0.3) is 6.08 Å². The second kappa shape index (κ2) is 4.82. The van der Waals surface area contributed by atoms with Gasteiger partial charge in [0.05, 0.1) is 13.3 Å². The van der Waals surface area contributed by atoms with Gasteiger partial charge in [-0.25, -0.2) is 4.79 Å². The highest BCUT2D eigenvalue weighted by atomic mass is 19.4. The van der Waals surface area contributed by atoms with E-state index in [4.69, 9.17) is 0 Å². The summed E-state index contributed by atoms with van der Waals surface area (Å²) in [4.78, 5) is 10.7. The summed E-state index contributed by atoms with van der Waals surface area (Å²) in [5.41, 5.74) is 0.398. The van der Waals surface area contributed by atoms with Gasteiger partial charge in [-0.05, 0) is 6.08 Å². The van der Waals surface area contributed by atoms with Crippen molar-refractivity contribution in [2.24, 2.45) is 0 Å². The lowest BCUT2D eigenvalue weighted by atomic mass is 10.3. The van der Waals surface area contributed by atoms with Crippen molar-refractivity contribution < 1.29 is 22.7 Å². The van der Waals surface area contributed by atoms with Crippen molar-refractivity contribution in [2.45, 2.75) is 12.7 Å². The molecule has 0 bridgehead atoms. The maximum atomic E-state index is 12.0. The van der Waals surface area contributed by atoms with Crippen molar-refractivity contribution in [3.63, 3.8) is 0 Å². The molecule has 4 nitrogen and oxygen atoms in total. The molecule has 0 amide bonds. The van der Waals surface area contributed by atoms with E-state index in [1.54, 1.807) is 0 Å². The predicted octanol–water partition coefficient (Wildman–Crippen LogP) is 1.63. The Morgan fingerprint density at radius 2 is 2.31 bits per heavy atom. The Balaban J connectivity index is 2.65. The first-order valence-electron chi connectivity index (χ1n) is 4.26. The van der Waals surface area contributed by atoms with Crippen molar-refractivity contribution >= 4 is 12.0 Å². The first-order valence-corrected chi connectivity index (χ1v) is 4.26. The van der Waals surface area contributed by atoms with Gasteiger partial charge in [0.25, 0.3) is 0 Å². The van der Waals surface area contributed by atoms with Crippen LogP contribution in [-0.4, -0.2) is 29.0 Å². The van der Waals surface area contributed by atoms with Gasteiger partial charge in [0.1, 0.15) is 6.54 Å². The van der Waals surface area contributed by atoms with Crippen LogP contribution in [0.2, 0.25) is 0 Å². The topological polar surface area (TPSA) is 44.1 Å². The highest BCUT2D eigenvalue weighted by molar-refractivity contribution is 5.86. The molecule has 0 fully saturated rings. The van der Waals surface area contributed by atoms with Gasteiger partial charge in [0.15, 0.2) is 0 Å². The second-order valence-corrected chi connectivity index (χ2v) is 2.94. The molecule has 0 aliphatic rings. The predicted molar refractivity (Wildman–Crippen MR) is 49.3 cm³/mol. The molecule has 16 heavy (non-hydrogen) atoms. The van der Waals surface area contributed by atoms with E-state index < -0.39 is 18.7 Å². The third-order valence-electron chi connectivity index (χ3n) is 1.61. The Bertz CT molecular complexity index is 396. The van der Waals surface area contributed by atoms with Gasteiger partial charge in [-0.3, -0.25) is 4.68 Å². The van der Waals surface area contributed by atoms with Crippen molar-refractivity contribution in [3.8, 4) is 0 Å². The Hall–Kier alpha value is -1.79. The third-order valence-corrected chi connectivity index (χ3v) is 1.61. The highest BCUT2D eigenvalue weighted by Crippen LogP contribution is 2.17. The standard InChI is InChI=1S/C9H9F3N2O2/c1-16-8(15)3-2-7-4-13-14(5-7)6-9(10,11)12/h2-5H,6H2,1H3/b3-2+. The molecule has 0 aromatic carbocycles. The van der Waals surface area contributed by atoms with Gasteiger partial charge in [-0.1, -0.05) is 0 Å². The minimum Gasteiger partial charge on any atom is -0.466 e. The number of aromatic nitrogens is 2. The summed E-state index contributed by atoms with van der Waals surface area (Å²) in [6.07, 6.45) is 0.536. The highest BCUT2D eigenvalue weighted by Gasteiger charge is 2.28. The summed E-state index contributed by atoms with van der Waals surface area (Å²) in [5, 5.41) is 3.50. The number of rotatable bonds is 3. The van der Waals surface area contributed by atoms with Crippen molar-refractivity contribution in [1.29, 1.82) is 0 Å². The van der Waals surface area contributed by atoms with Gasteiger partial charge in [-0.15, -0.1) is 0 Å². The van der Waals surface area contributed by atoms with E-state index in [9.17, 15) is 18.0 Å². The lowest BCUT2D eigenvalue weighted by Crippen LogP contribution is -2.17. The van der Waals surface area contributed by atoms with E-state index in [1.807, 2.05) is 0 Å². The fourth-order valence-corrected chi connectivity index (χ4v) is 0.968. The summed E-state index contributed by atoms with van der Waals surface area (Å²) in [6.45, 7) is -1.15. The van der Waals surface area contributed by atoms with Gasteiger partial charge in [0, 0.05) is 17.8 Å². The molecule has 88 valence electrons. The van der Waals surface area contributed by atoms with Crippen molar-refractivity contribution in [3.05, 3.63) is 24.0 Å². The van der Waals surface area contributed by atoms with Gasteiger partial charge >= 0.3 is 12.1 Å². The summed E-state index contributed by atoms with van der Waals surface area (Å²) < 4.78 is 41.0. The van der Waals surface area contributed by atoms with Crippen LogP contribution in [0.1, 0.15) is 5.56 Å². The molecule has 0 N–H and O–H groups in total. The normalized spacial score (nSPS) is 12.0. The zero-order valence-electron chi connectivity index (χ0n) is 8.36. The Kier molecular flexibility index (Phi) is 3.70. The number of nitrogens with zero attached hydrogens (tertiary/aromatic N) is 2. The number of halogens is 3. The first kappa shape index (κ1) is 12.3. The number of carbonyl (C=O) groups excluding carboxylic acids is 1. The summed E-state index contributed by atoms with van der Waals surface area (Å²) in [7, 11) is 1.21. The Labute approximate surface area is 89.3 Å². The Morgan fingerprint density at radius 1 is 1.62 bits per heavy atom. The minimum absolute atomic E-state index is 0.398. The number of alkyl halides is 3. The number of methoxy groups -OCH3 is 1. The maximum absolute atomic E-state index is 12.0. The molecule has 0 aliphatic carbocycles. The van der Waals surface area contributed by atoms with E-state index in [1.165, 1.54) is 25.6 Å². The summed E-state index contributed by atoms with van der Waals surface area (Å²) >= 11 is 0. The molecule has 7 heteroatoms. The van der Waals surface area contributed by atoms with Crippen LogP contribution in [0.5, 0.6) is 0 Å². The van der Waals surface area contributed by atoms with Gasteiger partial charge in [-0.2, -0.15) is 18.3 Å². The molecular formula is C9H9F3N2O2. The zero-order chi connectivity index (χ0) is 12.2. The van der Waals surface area contributed by atoms with Gasteiger partial charge < -0.3 is 4.74 Å². The molecule has 1 aromatic heterocycles. The summed E-state index contributed by atoms with van der Waals surface area (Å²) in [5.74, 6) is -0.580. The number of hydrogen-bond acceptors (Lipinski definition) is 3. The lowest BCUT2D eigenvalue weighted by molar-refractivity contribution is -0.142. The van der Waals surface area contributed by atoms with Gasteiger partial charge in [0.2, 0.25) is 0 Å². The fraction of sp³-hybridized carbons (Fsp3) is 0.333. The van der Waals surface area contributed by atoms with E-state index in [2.05, 4.69) is 9.84 Å². The van der Waals surface area contributed by atoms with Crippen LogP contribution >= 0.6 is 0 Å². The fourth-order valence-electron chi connectivity index (χ4n) is 0.968. The van der Waals surface area contributed by atoms with Crippen LogP contribution in [0.3, 0.4) is 0 Å². The smallest absolute Gasteiger partial charge is 0.408 e. The molecule has 1 heterocycles. The quantitative estimate of drug-likeness (QED) is 0.589. The molecule has 1 rings (SSSR count). The van der Waals surface area contributed by atoms with E-state index >= 15 is 0 Å². The number of hydrogen-bond donors (Lipinski definition) is 0. The van der Waals surface area contributed by atoms with Crippen LogP contribution in [0, 0.1) is 0 Å². The molecule has 0 unspecified atom stereocenters. The maximum Gasteiger partial charge on any atom is 0.408 e. The van der Waals surface area contributed by atoms with Crippen LogP contribution in [0.15, 0.2) is 18.5 Å². The molecule has 0 spiro atoms. The monoisotopic (exact) mass is 234 g/mol. The minimum atomic E-state index is -4.31. The average molecular weight is 234 g/mol. The van der Waals surface area contributed by atoms with E-state index in [-0.39, 0.29) is 0 Å². The van der Waals surface area contributed by atoms with Crippen molar-refractivity contribution in [2.75, 3.05) is 7.11 Å². The molecule has 0 aliphatic heterocycles. The van der Waals surface area contributed by atoms with E-state index in [0.717, 1.165) is 10.8 Å². The number of ether oxygens (including phenoxy) is 1. The first-order chi connectivity index (χ1) is 7.40. The zero-order valence-corrected chi connectivity index (χ0v) is 8.36. The molecular weight excluding hydrogens is 225 g/mol. The van der Waals surface area contributed by atoms with E-state index in [0.29, 0.717) is 5.56 Å². The largest absolute Gasteiger partial charge is 0.466 e. The molecule has 0 atom stereocenters. The molecule has 0 saturated carbocycles. The van der Waals surface area contributed by atoms with Crippen LogP contribution < -0.4 is 0 Å². The number of esters is 1. The summed E-state index contributed by atoms with van der Waals surface area (Å²) in [6, 6.07) is 0. The van der Waals surface area contributed by atoms with Crippen molar-refractivity contribution in [1.82, 2.24) is 9.78 Å².